The number of rotatable bonds is 6. The van der Waals surface area contributed by atoms with Gasteiger partial charge in [-0.3, -0.25) is 14.2 Å². The zero-order chi connectivity index (χ0) is 25.4. The first kappa shape index (κ1) is 23.9. The van der Waals surface area contributed by atoms with E-state index in [0.717, 1.165) is 29.7 Å². The highest BCUT2D eigenvalue weighted by Crippen LogP contribution is 2.35. The summed E-state index contributed by atoms with van der Waals surface area (Å²) < 4.78 is 7.22. The molecule has 8 heteroatoms. The Balaban J connectivity index is 1.78. The molecule has 0 bridgehead atoms. The van der Waals surface area contributed by atoms with Gasteiger partial charge in [0.05, 0.1) is 35.2 Å². The number of nitrogens with zero attached hydrogens (tertiary/aromatic N) is 3. The van der Waals surface area contributed by atoms with Crippen molar-refractivity contribution in [2.45, 2.75) is 39.7 Å². The van der Waals surface area contributed by atoms with Crippen molar-refractivity contribution >= 4 is 34.5 Å². The number of allylic oxidation sites excluding steroid dienone is 1. The molecule has 184 valence electrons. The van der Waals surface area contributed by atoms with Gasteiger partial charge in [0, 0.05) is 12.1 Å². The van der Waals surface area contributed by atoms with E-state index in [1.54, 1.807) is 18.7 Å². The minimum atomic E-state index is -0.696. The molecule has 2 aliphatic heterocycles. The van der Waals surface area contributed by atoms with Crippen molar-refractivity contribution in [3.05, 3.63) is 96.7 Å². The van der Waals surface area contributed by atoms with E-state index in [1.165, 1.54) is 15.9 Å². The first-order valence-electron chi connectivity index (χ1n) is 12.2. The molecule has 0 fully saturated rings. The first-order valence-corrected chi connectivity index (χ1v) is 13.0. The van der Waals surface area contributed by atoms with Crippen molar-refractivity contribution in [2.24, 2.45) is 4.99 Å². The Kier molecular flexibility index (Phi) is 6.45. The number of para-hydroxylation sites is 1. The number of esters is 1. The third kappa shape index (κ3) is 3.82. The van der Waals surface area contributed by atoms with Crippen molar-refractivity contribution in [2.75, 3.05) is 18.1 Å². The SMILES string of the molecule is CCCCN1C(=O)C(=c2sc3n(c2=O)[C@H](c2ccccc2)C(C(=O)OCC)=C(C)N=3)c2ccccc21. The number of carbonyl (C=O) groups excluding carboxylic acids is 2. The molecular weight excluding hydrogens is 474 g/mol. The van der Waals surface area contributed by atoms with Crippen LogP contribution in [0.4, 0.5) is 5.69 Å². The fraction of sp³-hybridized carbons (Fsp3) is 0.286. The van der Waals surface area contributed by atoms with Gasteiger partial charge in [0.15, 0.2) is 4.80 Å². The van der Waals surface area contributed by atoms with Gasteiger partial charge >= 0.3 is 5.97 Å². The van der Waals surface area contributed by atoms with Crippen LogP contribution in [-0.2, 0) is 14.3 Å². The van der Waals surface area contributed by atoms with Crippen LogP contribution >= 0.6 is 11.3 Å². The van der Waals surface area contributed by atoms with Crippen LogP contribution in [0.1, 0.15) is 50.8 Å². The van der Waals surface area contributed by atoms with Crippen LogP contribution in [0.5, 0.6) is 0 Å². The van der Waals surface area contributed by atoms with E-state index in [0.29, 0.717) is 32.7 Å². The van der Waals surface area contributed by atoms with Gasteiger partial charge in [-0.05, 0) is 31.9 Å². The molecular formula is C28H27N3O4S. The van der Waals surface area contributed by atoms with Crippen LogP contribution in [0.2, 0.25) is 0 Å². The van der Waals surface area contributed by atoms with Gasteiger partial charge in [-0.25, -0.2) is 9.79 Å². The molecule has 1 amide bonds. The Morgan fingerprint density at radius 1 is 1.06 bits per heavy atom. The fourth-order valence-electron chi connectivity index (χ4n) is 4.83. The van der Waals surface area contributed by atoms with E-state index in [-0.39, 0.29) is 18.1 Å². The van der Waals surface area contributed by atoms with Crippen molar-refractivity contribution < 1.29 is 14.3 Å². The molecule has 3 heterocycles. The second-order valence-electron chi connectivity index (χ2n) is 8.74. The lowest BCUT2D eigenvalue weighted by Gasteiger charge is -2.24. The van der Waals surface area contributed by atoms with Crippen molar-refractivity contribution in [3.8, 4) is 0 Å². The number of thiazole rings is 1. The van der Waals surface area contributed by atoms with E-state index in [2.05, 4.69) is 11.9 Å². The van der Waals surface area contributed by atoms with E-state index >= 15 is 0 Å². The average Bonchev–Trinajstić information content (AvgIpc) is 3.34. The smallest absolute Gasteiger partial charge is 0.338 e. The van der Waals surface area contributed by atoms with Crippen LogP contribution < -0.4 is 19.8 Å². The van der Waals surface area contributed by atoms with E-state index in [1.807, 2.05) is 54.6 Å². The number of ether oxygens (including phenoxy) is 1. The number of anilines is 1. The number of benzene rings is 2. The first-order chi connectivity index (χ1) is 17.5. The summed E-state index contributed by atoms with van der Waals surface area (Å²) in [4.78, 5) is 47.5. The summed E-state index contributed by atoms with van der Waals surface area (Å²) in [6.07, 6.45) is 1.82. The van der Waals surface area contributed by atoms with Crippen LogP contribution in [0.15, 0.2) is 75.7 Å². The third-order valence-corrected chi connectivity index (χ3v) is 7.55. The number of carbonyl (C=O) groups is 2. The van der Waals surface area contributed by atoms with Crippen molar-refractivity contribution in [1.82, 2.24) is 4.57 Å². The molecule has 0 radical (unpaired) electrons. The van der Waals surface area contributed by atoms with Gasteiger partial charge in [0.1, 0.15) is 4.53 Å². The number of fused-ring (bicyclic) bond motifs is 2. The van der Waals surface area contributed by atoms with Crippen molar-refractivity contribution in [1.29, 1.82) is 0 Å². The molecule has 1 atom stereocenters. The summed E-state index contributed by atoms with van der Waals surface area (Å²) in [6, 6.07) is 16.3. The van der Waals surface area contributed by atoms with Gasteiger partial charge < -0.3 is 9.64 Å². The summed E-state index contributed by atoms with van der Waals surface area (Å²) in [5, 5.41) is 0. The molecule has 7 nitrogen and oxygen atoms in total. The number of hydrogen-bond donors (Lipinski definition) is 0. The fourth-order valence-corrected chi connectivity index (χ4v) is 5.97. The van der Waals surface area contributed by atoms with Crippen LogP contribution in [0, 0.1) is 0 Å². The lowest BCUT2D eigenvalue weighted by molar-refractivity contribution is -0.139. The maximum atomic E-state index is 14.0. The predicted molar refractivity (Wildman–Crippen MR) is 139 cm³/mol. The lowest BCUT2D eigenvalue weighted by atomic mass is 9.96. The highest BCUT2D eigenvalue weighted by molar-refractivity contribution is 7.07. The van der Waals surface area contributed by atoms with Gasteiger partial charge in [0.2, 0.25) is 0 Å². The second kappa shape index (κ2) is 9.70. The third-order valence-electron chi connectivity index (χ3n) is 6.49. The Morgan fingerprint density at radius 3 is 2.50 bits per heavy atom. The highest BCUT2D eigenvalue weighted by Gasteiger charge is 2.37. The van der Waals surface area contributed by atoms with Gasteiger partial charge in [-0.15, -0.1) is 0 Å². The summed E-state index contributed by atoms with van der Waals surface area (Å²) in [5.74, 6) is -0.675. The Bertz CT molecular complexity index is 1570. The molecule has 1 aromatic heterocycles. The summed E-state index contributed by atoms with van der Waals surface area (Å²) in [5.41, 5.74) is 3.24. The predicted octanol–water partition coefficient (Wildman–Crippen LogP) is 3.32. The number of hydrogen-bond acceptors (Lipinski definition) is 6. The Labute approximate surface area is 212 Å². The van der Waals surface area contributed by atoms with Crippen LogP contribution in [-0.4, -0.2) is 29.6 Å². The molecule has 2 aromatic carbocycles. The summed E-state index contributed by atoms with van der Waals surface area (Å²) >= 11 is 1.19. The van der Waals surface area contributed by atoms with Crippen LogP contribution in [0.3, 0.4) is 0 Å². The molecule has 2 aliphatic rings. The quantitative estimate of drug-likeness (QED) is 0.486. The maximum absolute atomic E-state index is 14.0. The molecule has 36 heavy (non-hydrogen) atoms. The minimum absolute atomic E-state index is 0.174. The standard InChI is InChI=1S/C28H27N3O4S/c1-4-6-16-30-20-15-11-10-14-19(20)22(25(30)32)24-26(33)31-23(18-12-8-7-9-13-18)21(27(34)35-5-2)17(3)29-28(31)36-24/h7-15,23H,4-6,16H2,1-3H3/t23-/m1/s1. The normalized spacial score (nSPS) is 18.1. The number of unbranched alkanes of at least 4 members (excludes halogenated alkanes) is 1. The monoisotopic (exact) mass is 501 g/mol. The van der Waals surface area contributed by atoms with E-state index in [9.17, 15) is 14.4 Å². The topological polar surface area (TPSA) is 81.0 Å². The zero-order valence-electron chi connectivity index (χ0n) is 20.5. The van der Waals surface area contributed by atoms with Gasteiger partial charge in [-0.2, -0.15) is 0 Å². The van der Waals surface area contributed by atoms with Gasteiger partial charge in [-0.1, -0.05) is 73.2 Å². The maximum Gasteiger partial charge on any atom is 0.338 e. The number of aromatic nitrogens is 1. The summed E-state index contributed by atoms with van der Waals surface area (Å²) in [7, 11) is 0. The molecule has 0 unspecified atom stereocenters. The molecule has 0 aliphatic carbocycles. The van der Waals surface area contributed by atoms with Crippen molar-refractivity contribution in [3.63, 3.8) is 0 Å². The van der Waals surface area contributed by atoms with E-state index < -0.39 is 12.0 Å². The highest BCUT2D eigenvalue weighted by atomic mass is 32.1. The molecule has 5 rings (SSSR count). The largest absolute Gasteiger partial charge is 0.463 e. The molecule has 0 saturated heterocycles. The molecule has 0 saturated carbocycles. The lowest BCUT2D eigenvalue weighted by Crippen LogP contribution is -2.41. The molecule has 3 aromatic rings. The Hall–Kier alpha value is -3.78. The van der Waals surface area contributed by atoms with Gasteiger partial charge in [0.25, 0.3) is 11.5 Å². The molecule has 0 spiro atoms. The minimum Gasteiger partial charge on any atom is -0.463 e. The summed E-state index contributed by atoms with van der Waals surface area (Å²) in [6.45, 7) is 6.39. The van der Waals surface area contributed by atoms with E-state index in [4.69, 9.17) is 4.74 Å². The zero-order valence-corrected chi connectivity index (χ0v) is 21.3. The Morgan fingerprint density at radius 2 is 1.78 bits per heavy atom. The second-order valence-corrected chi connectivity index (χ2v) is 9.71. The average molecular weight is 502 g/mol. The van der Waals surface area contributed by atoms with Crippen LogP contribution in [0.25, 0.3) is 5.57 Å². The molecule has 0 N–H and O–H groups in total. The number of amides is 1.